The molecule has 0 radical (unpaired) electrons. The van der Waals surface area contributed by atoms with E-state index < -0.39 is 23.7 Å². The van der Waals surface area contributed by atoms with E-state index in [1.165, 1.54) is 12.0 Å². The molecule has 2 fully saturated rings. The van der Waals surface area contributed by atoms with Crippen LogP contribution in [0.4, 0.5) is 4.79 Å². The Labute approximate surface area is 174 Å². The highest BCUT2D eigenvalue weighted by molar-refractivity contribution is 6.45. The Morgan fingerprint density at radius 1 is 1.17 bits per heavy atom. The van der Waals surface area contributed by atoms with Crippen molar-refractivity contribution in [1.82, 2.24) is 4.90 Å². The maximum Gasteiger partial charge on any atom is 0.457 e. The Morgan fingerprint density at radius 2 is 1.72 bits per heavy atom. The van der Waals surface area contributed by atoms with Gasteiger partial charge in [0.2, 0.25) is 0 Å². The van der Waals surface area contributed by atoms with E-state index in [1.807, 2.05) is 27.7 Å². The first-order valence-corrected chi connectivity index (χ1v) is 10.4. The van der Waals surface area contributed by atoms with Gasteiger partial charge in [0.1, 0.15) is 11.6 Å². The Balaban J connectivity index is 2.01. The van der Waals surface area contributed by atoms with Gasteiger partial charge in [0.25, 0.3) is 0 Å². The molecule has 0 saturated carbocycles. The Kier molecular flexibility index (Phi) is 6.97. The van der Waals surface area contributed by atoms with Gasteiger partial charge in [0.15, 0.2) is 0 Å². The smallest absolute Gasteiger partial charge is 0.457 e. The number of hydrogen-bond donors (Lipinski definition) is 1. The standard InChI is InChI=1S/C20H37BN2O6/c1-18(2,3)27-17(25)23-12-14(22)13(15(23)16(24)26-8)10-9-11-21-28-19(4,5)20(6,7)29-21/h13-15H,9-12,22H2,1-8H3/t13-,14+,15+/m1/s1. The SMILES string of the molecule is COC(=O)[C@@H]1[C@H](CCCB2OC(C)(C)C(C)(C)O2)[C@@H](N)CN1C(=O)OC(C)(C)C. The largest absolute Gasteiger partial charge is 0.467 e. The van der Waals surface area contributed by atoms with Gasteiger partial charge in [-0.2, -0.15) is 0 Å². The van der Waals surface area contributed by atoms with Crippen LogP contribution < -0.4 is 5.73 Å². The topological polar surface area (TPSA) is 100 Å². The first-order chi connectivity index (χ1) is 13.2. The van der Waals surface area contributed by atoms with Crippen LogP contribution in [0.3, 0.4) is 0 Å². The highest BCUT2D eigenvalue weighted by Gasteiger charge is 2.51. The molecule has 9 heteroatoms. The normalized spacial score (nSPS) is 28.5. The molecular weight excluding hydrogens is 375 g/mol. The minimum Gasteiger partial charge on any atom is -0.467 e. The lowest BCUT2D eigenvalue weighted by Crippen LogP contribution is -2.46. The van der Waals surface area contributed by atoms with Crippen LogP contribution in [0.2, 0.25) is 6.32 Å². The van der Waals surface area contributed by atoms with Crippen LogP contribution >= 0.6 is 0 Å². The molecule has 0 aliphatic carbocycles. The van der Waals surface area contributed by atoms with Crippen molar-refractivity contribution >= 4 is 19.2 Å². The summed E-state index contributed by atoms with van der Waals surface area (Å²) in [4.78, 5) is 26.5. The zero-order chi connectivity index (χ0) is 22.2. The average Bonchev–Trinajstić information content (AvgIpc) is 2.98. The minimum atomic E-state index is -0.747. The van der Waals surface area contributed by atoms with Crippen molar-refractivity contribution in [2.24, 2.45) is 11.7 Å². The number of nitrogens with two attached hydrogens (primary N) is 1. The van der Waals surface area contributed by atoms with Crippen molar-refractivity contribution in [2.45, 2.75) is 96.5 Å². The van der Waals surface area contributed by atoms with Gasteiger partial charge in [-0.1, -0.05) is 6.42 Å². The molecule has 0 aromatic rings. The van der Waals surface area contributed by atoms with Crippen molar-refractivity contribution in [1.29, 1.82) is 0 Å². The molecule has 2 heterocycles. The number of carbonyl (C=O) groups excluding carboxylic acids is 2. The fraction of sp³-hybridized carbons (Fsp3) is 0.900. The van der Waals surface area contributed by atoms with Gasteiger partial charge in [0.05, 0.1) is 18.3 Å². The predicted molar refractivity (Wildman–Crippen MR) is 110 cm³/mol. The second kappa shape index (κ2) is 8.43. The van der Waals surface area contributed by atoms with Crippen molar-refractivity contribution in [3.8, 4) is 0 Å². The number of methoxy groups -OCH3 is 1. The predicted octanol–water partition coefficient (Wildman–Crippen LogP) is 2.59. The van der Waals surface area contributed by atoms with Crippen molar-refractivity contribution in [2.75, 3.05) is 13.7 Å². The Bertz CT molecular complexity index is 603. The summed E-state index contributed by atoms with van der Waals surface area (Å²) in [5.74, 6) is -0.679. The van der Waals surface area contributed by atoms with Crippen LogP contribution in [0.25, 0.3) is 0 Å². The summed E-state index contributed by atoms with van der Waals surface area (Å²) in [5.41, 5.74) is 4.92. The van der Waals surface area contributed by atoms with Gasteiger partial charge < -0.3 is 24.5 Å². The molecule has 2 aliphatic rings. The molecule has 0 unspecified atom stereocenters. The second-order valence-electron chi connectivity index (χ2n) is 10.0. The van der Waals surface area contributed by atoms with Crippen molar-refractivity contribution < 1.29 is 28.4 Å². The molecule has 0 spiro atoms. The first-order valence-electron chi connectivity index (χ1n) is 10.4. The third kappa shape index (κ3) is 5.44. The molecule has 3 atom stereocenters. The fourth-order valence-corrected chi connectivity index (χ4v) is 3.85. The third-order valence-corrected chi connectivity index (χ3v) is 6.05. The van der Waals surface area contributed by atoms with Crippen LogP contribution in [0.5, 0.6) is 0 Å². The first kappa shape index (κ1) is 24.0. The fourth-order valence-electron chi connectivity index (χ4n) is 3.85. The van der Waals surface area contributed by atoms with Gasteiger partial charge in [0, 0.05) is 18.5 Å². The second-order valence-corrected chi connectivity index (χ2v) is 10.0. The molecule has 0 aromatic heterocycles. The molecule has 2 saturated heterocycles. The molecule has 0 bridgehead atoms. The van der Waals surface area contributed by atoms with E-state index in [4.69, 9.17) is 24.5 Å². The van der Waals surface area contributed by atoms with Crippen LogP contribution in [0.15, 0.2) is 0 Å². The number of carbonyl (C=O) groups is 2. The third-order valence-electron chi connectivity index (χ3n) is 6.05. The number of likely N-dealkylation sites (tertiary alicyclic amines) is 1. The minimum absolute atomic E-state index is 0.211. The van der Waals surface area contributed by atoms with E-state index in [0.29, 0.717) is 12.7 Å². The van der Waals surface area contributed by atoms with E-state index in [2.05, 4.69) is 0 Å². The lowest BCUT2D eigenvalue weighted by Gasteiger charge is -2.32. The molecule has 1 amide bonds. The highest BCUT2D eigenvalue weighted by Crippen LogP contribution is 2.39. The summed E-state index contributed by atoms with van der Waals surface area (Å²) in [5, 5.41) is 0. The number of hydrogen-bond acceptors (Lipinski definition) is 7. The van der Waals surface area contributed by atoms with E-state index in [-0.39, 0.29) is 36.8 Å². The summed E-state index contributed by atoms with van der Waals surface area (Å²) in [6.45, 7) is 13.7. The zero-order valence-corrected chi connectivity index (χ0v) is 19.1. The molecule has 0 aromatic carbocycles. The van der Waals surface area contributed by atoms with Crippen LogP contribution in [0, 0.1) is 5.92 Å². The molecule has 29 heavy (non-hydrogen) atoms. The molecule has 8 nitrogen and oxygen atoms in total. The summed E-state index contributed by atoms with van der Waals surface area (Å²) >= 11 is 0. The van der Waals surface area contributed by atoms with Crippen LogP contribution in [-0.4, -0.2) is 66.6 Å². The zero-order valence-electron chi connectivity index (χ0n) is 19.1. The Hall–Kier alpha value is -1.32. The maximum atomic E-state index is 12.6. The maximum absolute atomic E-state index is 12.6. The van der Waals surface area contributed by atoms with Crippen molar-refractivity contribution in [3.05, 3.63) is 0 Å². The summed E-state index contributed by atoms with van der Waals surface area (Å²) in [6.07, 6.45) is 1.56. The average molecular weight is 412 g/mol. The number of amides is 1. The van der Waals surface area contributed by atoms with Gasteiger partial charge in [-0.15, -0.1) is 0 Å². The number of esters is 1. The molecule has 166 valence electrons. The summed E-state index contributed by atoms with van der Waals surface area (Å²) in [6, 6.07) is -1.08. The van der Waals surface area contributed by atoms with E-state index >= 15 is 0 Å². The van der Waals surface area contributed by atoms with Crippen molar-refractivity contribution in [3.63, 3.8) is 0 Å². The van der Waals surface area contributed by atoms with E-state index in [9.17, 15) is 9.59 Å². The van der Waals surface area contributed by atoms with Gasteiger partial charge in [-0.25, -0.2) is 9.59 Å². The summed E-state index contributed by atoms with van der Waals surface area (Å²) < 4.78 is 22.5. The van der Waals surface area contributed by atoms with Gasteiger partial charge in [-0.05, 0) is 61.2 Å². The number of nitrogens with zero attached hydrogens (tertiary/aromatic N) is 1. The number of ether oxygens (including phenoxy) is 2. The van der Waals surface area contributed by atoms with Gasteiger partial charge >= 0.3 is 19.2 Å². The summed E-state index contributed by atoms with van der Waals surface area (Å²) in [7, 11) is 1.03. The van der Waals surface area contributed by atoms with Gasteiger partial charge in [-0.3, -0.25) is 4.90 Å². The molecule has 2 N–H and O–H groups in total. The lowest BCUT2D eigenvalue weighted by atomic mass is 9.79. The monoisotopic (exact) mass is 412 g/mol. The molecular formula is C20H37BN2O6. The highest BCUT2D eigenvalue weighted by atomic mass is 16.7. The van der Waals surface area contributed by atoms with E-state index in [1.54, 1.807) is 20.8 Å². The molecule has 2 rings (SSSR count). The Morgan fingerprint density at radius 3 is 2.21 bits per heavy atom. The quantitative estimate of drug-likeness (QED) is 0.547. The van der Waals surface area contributed by atoms with Crippen LogP contribution in [-0.2, 0) is 23.6 Å². The van der Waals surface area contributed by atoms with E-state index in [0.717, 1.165) is 6.42 Å². The lowest BCUT2D eigenvalue weighted by molar-refractivity contribution is -0.147. The molecule has 2 aliphatic heterocycles. The van der Waals surface area contributed by atoms with Crippen LogP contribution in [0.1, 0.15) is 61.3 Å². The number of rotatable bonds is 5.